The van der Waals surface area contributed by atoms with E-state index in [2.05, 4.69) is 20.9 Å². The highest BCUT2D eigenvalue weighted by atomic mass is 79.9. The Morgan fingerprint density at radius 1 is 1.00 bits per heavy atom. The van der Waals surface area contributed by atoms with Crippen LogP contribution in [0.2, 0.25) is 0 Å². The normalized spacial score (nSPS) is 16.3. The molecular weight excluding hydrogens is 451 g/mol. The maximum Gasteiger partial charge on any atom is 0.282 e. The van der Waals surface area contributed by atoms with Crippen LogP contribution in [-0.4, -0.2) is 18.5 Å². The summed E-state index contributed by atoms with van der Waals surface area (Å²) in [6.45, 7) is 0.168. The van der Waals surface area contributed by atoms with Gasteiger partial charge in [-0.2, -0.15) is 0 Å². The monoisotopic (exact) mass is 464 g/mol. The molecule has 30 heavy (non-hydrogen) atoms. The van der Waals surface area contributed by atoms with Gasteiger partial charge >= 0.3 is 0 Å². The maximum atomic E-state index is 14.5. The summed E-state index contributed by atoms with van der Waals surface area (Å²) in [7, 11) is 0. The minimum absolute atomic E-state index is 0.168. The molecule has 5 nitrogen and oxygen atoms in total. The number of halogens is 2. The van der Waals surface area contributed by atoms with Gasteiger partial charge in [-0.25, -0.2) is 9.38 Å². The second-order valence-electron chi connectivity index (χ2n) is 6.67. The lowest BCUT2D eigenvalue weighted by atomic mass is 10.1. The molecule has 3 aromatic rings. The van der Waals surface area contributed by atoms with Gasteiger partial charge in [-0.3, -0.25) is 9.69 Å². The summed E-state index contributed by atoms with van der Waals surface area (Å²) in [4.78, 5) is 19.2. The molecule has 0 aromatic heterocycles. The van der Waals surface area contributed by atoms with Gasteiger partial charge in [-0.05, 0) is 60.2 Å². The molecule has 0 fully saturated rings. The summed E-state index contributed by atoms with van der Waals surface area (Å²) in [5.74, 6) is 0.718. The van der Waals surface area contributed by atoms with E-state index in [1.807, 2.05) is 18.2 Å². The van der Waals surface area contributed by atoms with Crippen LogP contribution in [0.25, 0.3) is 6.08 Å². The number of ether oxygens (including phenoxy) is 2. The van der Waals surface area contributed by atoms with Gasteiger partial charge in [0.25, 0.3) is 5.91 Å². The van der Waals surface area contributed by atoms with Gasteiger partial charge in [0.2, 0.25) is 6.79 Å². The highest BCUT2D eigenvalue weighted by Crippen LogP contribution is 2.34. The van der Waals surface area contributed by atoms with Crippen LogP contribution < -0.4 is 14.4 Å². The number of rotatable bonds is 3. The Balaban J connectivity index is 1.61. The van der Waals surface area contributed by atoms with Crippen molar-refractivity contribution in [1.82, 2.24) is 0 Å². The third kappa shape index (κ3) is 3.27. The van der Waals surface area contributed by atoms with Crippen LogP contribution in [0.4, 0.5) is 10.1 Å². The number of carbonyl (C=O) groups excluding carboxylic acids is 1. The Hall–Kier alpha value is -3.45. The number of amides is 1. The fourth-order valence-corrected chi connectivity index (χ4v) is 3.59. The first kappa shape index (κ1) is 18.6. The third-order valence-corrected chi connectivity index (χ3v) is 5.29. The van der Waals surface area contributed by atoms with Gasteiger partial charge in [0.1, 0.15) is 11.5 Å². The number of fused-ring (bicyclic) bond motifs is 1. The highest BCUT2D eigenvalue weighted by molar-refractivity contribution is 9.10. The van der Waals surface area contributed by atoms with Crippen molar-refractivity contribution in [3.05, 3.63) is 93.8 Å². The topological polar surface area (TPSA) is 51.1 Å². The van der Waals surface area contributed by atoms with Crippen molar-refractivity contribution >= 4 is 39.4 Å². The summed E-state index contributed by atoms with van der Waals surface area (Å²) in [5.41, 5.74) is 1.79. The van der Waals surface area contributed by atoms with Crippen LogP contribution in [0, 0.1) is 5.82 Å². The molecule has 7 heteroatoms. The summed E-state index contributed by atoms with van der Waals surface area (Å²) in [6, 6.07) is 18.8. The molecule has 1 amide bonds. The molecule has 0 saturated carbocycles. The molecule has 0 bridgehead atoms. The van der Waals surface area contributed by atoms with Crippen LogP contribution in [0.1, 0.15) is 11.1 Å². The van der Waals surface area contributed by atoms with Crippen molar-refractivity contribution in [2.45, 2.75) is 0 Å². The van der Waals surface area contributed by atoms with Crippen LogP contribution in [0.5, 0.6) is 11.5 Å². The summed E-state index contributed by atoms with van der Waals surface area (Å²) >= 11 is 3.39. The first-order valence-corrected chi connectivity index (χ1v) is 9.94. The Morgan fingerprint density at radius 3 is 2.57 bits per heavy atom. The Kier molecular flexibility index (Phi) is 4.59. The zero-order valence-corrected chi connectivity index (χ0v) is 17.1. The third-order valence-electron chi connectivity index (χ3n) is 4.76. The van der Waals surface area contributed by atoms with E-state index in [1.54, 1.807) is 48.5 Å². The number of hydrogen-bond donors (Lipinski definition) is 0. The lowest BCUT2D eigenvalue weighted by Gasteiger charge is -2.19. The highest BCUT2D eigenvalue weighted by Gasteiger charge is 2.33. The predicted octanol–water partition coefficient (Wildman–Crippen LogP) is 5.15. The number of aliphatic imine (C=N–C) groups is 1. The smallest absolute Gasteiger partial charge is 0.282 e. The van der Waals surface area contributed by atoms with Gasteiger partial charge in [-0.15, -0.1) is 0 Å². The molecule has 2 aliphatic rings. The molecule has 3 aromatic carbocycles. The molecule has 2 heterocycles. The van der Waals surface area contributed by atoms with Crippen LogP contribution >= 0.6 is 15.9 Å². The number of nitrogens with zero attached hydrogens (tertiary/aromatic N) is 2. The van der Waals surface area contributed by atoms with E-state index in [1.165, 1.54) is 11.0 Å². The second kappa shape index (κ2) is 7.42. The maximum absolute atomic E-state index is 14.5. The minimum Gasteiger partial charge on any atom is -0.454 e. The molecule has 0 N–H and O–H groups in total. The zero-order valence-electron chi connectivity index (χ0n) is 15.5. The second-order valence-corrected chi connectivity index (χ2v) is 7.59. The summed E-state index contributed by atoms with van der Waals surface area (Å²) in [6.07, 6.45) is 1.66. The molecule has 5 rings (SSSR count). The van der Waals surface area contributed by atoms with E-state index in [0.29, 0.717) is 17.2 Å². The Morgan fingerprint density at radius 2 is 1.77 bits per heavy atom. The fourth-order valence-electron chi connectivity index (χ4n) is 3.33. The van der Waals surface area contributed by atoms with E-state index in [-0.39, 0.29) is 29.8 Å². The van der Waals surface area contributed by atoms with Crippen LogP contribution in [0.3, 0.4) is 0 Å². The minimum atomic E-state index is -0.449. The SMILES string of the molecule is O=C1/C(=C\c2ccc3c(c2)OCO3)N=C(c2ccccc2F)N1c1ccc(Br)cc1. The molecule has 0 spiro atoms. The van der Waals surface area contributed by atoms with Crippen molar-refractivity contribution < 1.29 is 18.7 Å². The molecular formula is C23H14BrFN2O3. The van der Waals surface area contributed by atoms with E-state index < -0.39 is 5.82 Å². The number of carbonyl (C=O) groups is 1. The van der Waals surface area contributed by atoms with Gasteiger partial charge in [0.15, 0.2) is 17.3 Å². The zero-order chi connectivity index (χ0) is 20.7. The molecule has 0 unspecified atom stereocenters. The van der Waals surface area contributed by atoms with Crippen LogP contribution in [0.15, 0.2) is 81.9 Å². The first-order chi connectivity index (χ1) is 14.6. The van der Waals surface area contributed by atoms with Crippen molar-refractivity contribution in [1.29, 1.82) is 0 Å². The van der Waals surface area contributed by atoms with E-state index in [0.717, 1.165) is 10.0 Å². The molecule has 0 aliphatic carbocycles. The molecule has 148 valence electrons. The molecule has 2 aliphatic heterocycles. The number of hydrogen-bond acceptors (Lipinski definition) is 4. The number of anilines is 1. The lowest BCUT2D eigenvalue weighted by molar-refractivity contribution is -0.113. The van der Waals surface area contributed by atoms with Crippen molar-refractivity contribution in [2.75, 3.05) is 11.7 Å². The summed E-state index contributed by atoms with van der Waals surface area (Å²) in [5, 5.41) is 0. The first-order valence-electron chi connectivity index (χ1n) is 9.15. The lowest BCUT2D eigenvalue weighted by Crippen LogP contribution is -2.33. The van der Waals surface area contributed by atoms with Crippen molar-refractivity contribution in [3.63, 3.8) is 0 Å². The van der Waals surface area contributed by atoms with Gasteiger partial charge < -0.3 is 9.47 Å². The predicted molar refractivity (Wildman–Crippen MR) is 115 cm³/mol. The molecule has 0 radical (unpaired) electrons. The van der Waals surface area contributed by atoms with Crippen molar-refractivity contribution in [3.8, 4) is 11.5 Å². The fraction of sp³-hybridized carbons (Fsp3) is 0.0435. The largest absolute Gasteiger partial charge is 0.454 e. The van der Waals surface area contributed by atoms with Crippen molar-refractivity contribution in [2.24, 2.45) is 4.99 Å². The average molecular weight is 465 g/mol. The van der Waals surface area contributed by atoms with E-state index in [4.69, 9.17) is 9.47 Å². The Bertz CT molecular complexity index is 1220. The Labute approximate surface area is 180 Å². The average Bonchev–Trinajstić information content (AvgIpc) is 3.34. The van der Waals surface area contributed by atoms with E-state index in [9.17, 15) is 9.18 Å². The summed E-state index contributed by atoms with van der Waals surface area (Å²) < 4.78 is 26.2. The van der Waals surface area contributed by atoms with Gasteiger partial charge in [-0.1, -0.05) is 34.1 Å². The number of benzene rings is 3. The van der Waals surface area contributed by atoms with Crippen LogP contribution in [-0.2, 0) is 4.79 Å². The quantitative estimate of drug-likeness (QED) is 0.503. The van der Waals surface area contributed by atoms with Gasteiger partial charge in [0.05, 0.1) is 11.3 Å². The van der Waals surface area contributed by atoms with E-state index >= 15 is 0 Å². The molecule has 0 atom stereocenters. The number of amidine groups is 1. The van der Waals surface area contributed by atoms with Gasteiger partial charge in [0, 0.05) is 4.47 Å². The molecule has 0 saturated heterocycles. The standard InChI is InChI=1S/C23H14BrFN2O3/c24-15-6-8-16(9-7-15)27-22(17-3-1-2-4-18(17)25)26-19(23(27)28)11-14-5-10-20-21(12-14)30-13-29-20/h1-12H,13H2/b19-11+.